The molecule has 3 rings (SSSR count). The van der Waals surface area contributed by atoms with Crippen molar-refractivity contribution in [2.45, 2.75) is 11.8 Å². The molecule has 0 heterocycles. The monoisotopic (exact) mass is 497 g/mol. The molecular weight excluding hydrogens is 474 g/mol. The van der Waals surface area contributed by atoms with E-state index in [0.29, 0.717) is 28.6 Å². The fraction of sp³-hybridized carbons (Fsp3) is 0.120. The van der Waals surface area contributed by atoms with E-state index in [1.54, 1.807) is 67.6 Å². The number of hydrogen-bond acceptors (Lipinski definition) is 5. The van der Waals surface area contributed by atoms with Crippen LogP contribution in [0.1, 0.15) is 11.1 Å². The van der Waals surface area contributed by atoms with Gasteiger partial charge in [0.25, 0.3) is 15.9 Å². The van der Waals surface area contributed by atoms with E-state index in [2.05, 4.69) is 17.1 Å². The van der Waals surface area contributed by atoms with Gasteiger partial charge in [0.05, 0.1) is 16.8 Å². The maximum Gasteiger partial charge on any atom is 0.264 e. The molecule has 3 aromatic carbocycles. The molecule has 1 amide bonds. The van der Waals surface area contributed by atoms with Gasteiger partial charge in [0, 0.05) is 5.02 Å². The molecule has 0 spiro atoms. The summed E-state index contributed by atoms with van der Waals surface area (Å²) >= 11 is 6.12. The largest absolute Gasteiger partial charge is 0.490 e. The topological polar surface area (TPSA) is 88.1 Å². The molecule has 0 aliphatic carbocycles. The Balaban J connectivity index is 1.78. The van der Waals surface area contributed by atoms with Crippen molar-refractivity contribution in [2.24, 2.45) is 5.10 Å². The van der Waals surface area contributed by atoms with Crippen LogP contribution in [-0.2, 0) is 14.8 Å². The average Bonchev–Trinajstić information content (AvgIpc) is 2.84. The lowest BCUT2D eigenvalue weighted by molar-refractivity contribution is -0.119. The predicted molar refractivity (Wildman–Crippen MR) is 135 cm³/mol. The predicted octanol–water partition coefficient (Wildman–Crippen LogP) is 4.56. The summed E-state index contributed by atoms with van der Waals surface area (Å²) in [6, 6.07) is 19.9. The van der Waals surface area contributed by atoms with E-state index in [-0.39, 0.29) is 4.90 Å². The molecule has 0 saturated heterocycles. The summed E-state index contributed by atoms with van der Waals surface area (Å²) in [5.41, 5.74) is 4.07. The van der Waals surface area contributed by atoms with Gasteiger partial charge in [-0.25, -0.2) is 13.8 Å². The van der Waals surface area contributed by atoms with Gasteiger partial charge in [-0.15, -0.1) is 0 Å². The van der Waals surface area contributed by atoms with Crippen LogP contribution in [0.3, 0.4) is 0 Å². The summed E-state index contributed by atoms with van der Waals surface area (Å²) in [7, 11) is -4.04. The van der Waals surface area contributed by atoms with Gasteiger partial charge in [0.1, 0.15) is 18.9 Å². The van der Waals surface area contributed by atoms with Crippen molar-refractivity contribution in [1.29, 1.82) is 0 Å². The molecular formula is C25H24ClN3O4S. The number of rotatable bonds is 10. The second-order valence-corrected chi connectivity index (χ2v) is 9.52. The molecule has 0 saturated carbocycles. The summed E-state index contributed by atoms with van der Waals surface area (Å²) in [6.45, 7) is 5.26. The highest BCUT2D eigenvalue weighted by molar-refractivity contribution is 7.92. The number of benzene rings is 3. The number of amides is 1. The second-order valence-electron chi connectivity index (χ2n) is 7.22. The van der Waals surface area contributed by atoms with Crippen molar-refractivity contribution in [3.05, 3.63) is 102 Å². The van der Waals surface area contributed by atoms with Gasteiger partial charge >= 0.3 is 0 Å². The minimum Gasteiger partial charge on any atom is -0.490 e. The van der Waals surface area contributed by atoms with Crippen molar-refractivity contribution >= 4 is 39.4 Å². The number of hydrogen-bond donors (Lipinski definition) is 1. The molecule has 0 bridgehead atoms. The van der Waals surface area contributed by atoms with E-state index in [4.69, 9.17) is 16.3 Å². The Labute approximate surface area is 204 Å². The van der Waals surface area contributed by atoms with Crippen molar-refractivity contribution in [2.75, 3.05) is 17.5 Å². The number of nitrogens with zero attached hydrogens (tertiary/aromatic N) is 2. The van der Waals surface area contributed by atoms with Gasteiger partial charge in [-0.3, -0.25) is 9.10 Å². The van der Waals surface area contributed by atoms with Crippen molar-refractivity contribution in [1.82, 2.24) is 5.43 Å². The highest BCUT2D eigenvalue weighted by atomic mass is 35.5. The zero-order valence-electron chi connectivity index (χ0n) is 18.5. The number of nitrogens with one attached hydrogen (secondary N) is 1. The molecule has 0 unspecified atom stereocenters. The van der Waals surface area contributed by atoms with E-state index >= 15 is 0 Å². The molecule has 7 nitrogen and oxygen atoms in total. The molecule has 1 N–H and O–H groups in total. The Kier molecular flexibility index (Phi) is 8.45. The number of halogens is 1. The third-order valence-electron chi connectivity index (χ3n) is 4.71. The number of ether oxygens (including phenoxy) is 1. The van der Waals surface area contributed by atoms with Crippen LogP contribution in [0.15, 0.2) is 95.4 Å². The minimum absolute atomic E-state index is 0.0597. The molecule has 3 aromatic rings. The van der Waals surface area contributed by atoms with Crippen LogP contribution in [0.4, 0.5) is 5.69 Å². The van der Waals surface area contributed by atoms with Crippen LogP contribution in [-0.4, -0.2) is 33.7 Å². The summed E-state index contributed by atoms with van der Waals surface area (Å²) in [5.74, 6) is 0.0702. The van der Waals surface area contributed by atoms with Crippen LogP contribution in [0.2, 0.25) is 5.02 Å². The Bertz CT molecular complexity index is 1280. The van der Waals surface area contributed by atoms with E-state index in [1.165, 1.54) is 24.4 Å². The Morgan fingerprint density at radius 2 is 1.82 bits per heavy atom. The first-order chi connectivity index (χ1) is 16.3. The van der Waals surface area contributed by atoms with Crippen LogP contribution in [0.25, 0.3) is 0 Å². The van der Waals surface area contributed by atoms with Crippen molar-refractivity contribution in [3.63, 3.8) is 0 Å². The van der Waals surface area contributed by atoms with Gasteiger partial charge in [0.2, 0.25) is 0 Å². The molecule has 0 aliphatic rings. The van der Waals surface area contributed by atoms with Crippen LogP contribution in [0.5, 0.6) is 5.75 Å². The molecule has 0 aromatic heterocycles. The molecule has 0 fully saturated rings. The fourth-order valence-corrected chi connectivity index (χ4v) is 4.69. The van der Waals surface area contributed by atoms with E-state index in [1.807, 2.05) is 0 Å². The maximum atomic E-state index is 13.4. The van der Waals surface area contributed by atoms with Gasteiger partial charge in [-0.05, 0) is 66.6 Å². The minimum atomic E-state index is -4.04. The molecule has 0 atom stereocenters. The Morgan fingerprint density at radius 1 is 1.12 bits per heavy atom. The Morgan fingerprint density at radius 3 is 2.50 bits per heavy atom. The first-order valence-corrected chi connectivity index (χ1v) is 12.1. The molecule has 0 radical (unpaired) electrons. The molecule has 0 aliphatic heterocycles. The second kappa shape index (κ2) is 11.5. The summed E-state index contributed by atoms with van der Waals surface area (Å²) in [4.78, 5) is 12.7. The third kappa shape index (κ3) is 6.46. The first kappa shape index (κ1) is 25.0. The fourth-order valence-electron chi connectivity index (χ4n) is 3.02. The van der Waals surface area contributed by atoms with Crippen LogP contribution >= 0.6 is 11.6 Å². The number of aryl methyl sites for hydroxylation is 1. The number of anilines is 1. The van der Waals surface area contributed by atoms with E-state index in [0.717, 1.165) is 9.87 Å². The lowest BCUT2D eigenvalue weighted by atomic mass is 10.2. The van der Waals surface area contributed by atoms with Crippen LogP contribution in [0, 0.1) is 6.92 Å². The highest BCUT2D eigenvalue weighted by Crippen LogP contribution is 2.29. The molecule has 9 heteroatoms. The molecule has 34 heavy (non-hydrogen) atoms. The van der Waals surface area contributed by atoms with Gasteiger partial charge in [-0.1, -0.05) is 48.5 Å². The summed E-state index contributed by atoms with van der Waals surface area (Å²) in [6.07, 6.45) is 3.10. The van der Waals surface area contributed by atoms with E-state index in [9.17, 15) is 13.2 Å². The third-order valence-corrected chi connectivity index (χ3v) is 6.72. The number of carbonyl (C=O) groups is 1. The van der Waals surface area contributed by atoms with E-state index < -0.39 is 22.5 Å². The van der Waals surface area contributed by atoms with Crippen molar-refractivity contribution in [3.8, 4) is 5.75 Å². The standard InChI is InChI=1S/C25H24ClN3O4S/c1-3-15-33-22-13-10-20(11-14-22)17-27-28-25(30)18-29(24-16-21(26)12-9-19(24)2)34(31,32)23-7-5-4-6-8-23/h3-14,16-17H,1,15,18H2,2H3,(H,28,30)/b27-17-. The van der Waals surface area contributed by atoms with Gasteiger partial charge < -0.3 is 4.74 Å². The number of carbonyl (C=O) groups excluding carboxylic acids is 1. The highest BCUT2D eigenvalue weighted by Gasteiger charge is 2.28. The first-order valence-electron chi connectivity index (χ1n) is 10.3. The van der Waals surface area contributed by atoms with Gasteiger partial charge in [0.15, 0.2) is 0 Å². The smallest absolute Gasteiger partial charge is 0.264 e. The van der Waals surface area contributed by atoms with Crippen molar-refractivity contribution < 1.29 is 17.9 Å². The Hall–Kier alpha value is -3.62. The zero-order valence-corrected chi connectivity index (χ0v) is 20.1. The lowest BCUT2D eigenvalue weighted by Gasteiger charge is -2.25. The summed E-state index contributed by atoms with van der Waals surface area (Å²) in [5, 5.41) is 4.30. The quantitative estimate of drug-likeness (QED) is 0.253. The zero-order chi connectivity index (χ0) is 24.6. The van der Waals surface area contributed by atoms with Gasteiger partial charge in [-0.2, -0.15) is 5.10 Å². The average molecular weight is 498 g/mol. The number of sulfonamides is 1. The summed E-state index contributed by atoms with van der Waals surface area (Å²) < 4.78 is 33.2. The molecule has 176 valence electrons. The SMILES string of the molecule is C=CCOc1ccc(/C=N\NC(=O)CN(c2cc(Cl)ccc2C)S(=O)(=O)c2ccccc2)cc1. The number of hydrazone groups is 1. The maximum absolute atomic E-state index is 13.4. The lowest BCUT2D eigenvalue weighted by Crippen LogP contribution is -2.40. The normalized spacial score (nSPS) is 11.2. The van der Waals surface area contributed by atoms with Crippen LogP contribution < -0.4 is 14.5 Å².